The highest BCUT2D eigenvalue weighted by Crippen LogP contribution is 2.29. The Morgan fingerprint density at radius 1 is 1.15 bits per heavy atom. The van der Waals surface area contributed by atoms with Crippen LogP contribution in [0.4, 0.5) is 5.69 Å². The van der Waals surface area contributed by atoms with Gasteiger partial charge in [-0.2, -0.15) is 0 Å². The molecule has 1 fully saturated rings. The van der Waals surface area contributed by atoms with E-state index in [1.807, 2.05) is 13.8 Å². The third kappa shape index (κ3) is 5.75. The number of amides is 1. The molecule has 1 amide bonds. The van der Waals surface area contributed by atoms with Crippen molar-refractivity contribution in [3.8, 4) is 11.5 Å². The van der Waals surface area contributed by atoms with E-state index < -0.39 is 10.0 Å². The summed E-state index contributed by atoms with van der Waals surface area (Å²) in [4.78, 5) is 12.7. The number of methoxy groups -OCH3 is 1. The molecule has 1 aromatic heterocycles. The fourth-order valence-electron chi connectivity index (χ4n) is 3.39. The summed E-state index contributed by atoms with van der Waals surface area (Å²) in [6.07, 6.45) is 1.77. The number of benzene rings is 2. The van der Waals surface area contributed by atoms with E-state index in [1.165, 1.54) is 25.3 Å². The molecule has 0 aliphatic heterocycles. The molecule has 0 spiro atoms. The van der Waals surface area contributed by atoms with Crippen molar-refractivity contribution < 1.29 is 27.2 Å². The number of nitrogens with zero attached hydrogens (tertiary/aromatic N) is 1. The molecule has 0 unspecified atom stereocenters. The zero-order chi connectivity index (χ0) is 24.3. The van der Waals surface area contributed by atoms with Gasteiger partial charge in [0.2, 0.25) is 15.9 Å². The molecule has 0 bridgehead atoms. The van der Waals surface area contributed by atoms with Crippen molar-refractivity contribution in [3.63, 3.8) is 0 Å². The molecule has 3 aromatic rings. The summed E-state index contributed by atoms with van der Waals surface area (Å²) < 4.78 is 43.9. The number of rotatable bonds is 10. The van der Waals surface area contributed by atoms with Gasteiger partial charge in [0.25, 0.3) is 0 Å². The lowest BCUT2D eigenvalue weighted by Gasteiger charge is -2.13. The van der Waals surface area contributed by atoms with Crippen LogP contribution < -0.4 is 19.5 Å². The smallest absolute Gasteiger partial charge is 0.240 e. The lowest BCUT2D eigenvalue weighted by Crippen LogP contribution is -2.26. The standard InChI is InChI=1S/C24H27N3O6S/c1-15-21(16(2)33-26-15)14-32-19-8-4-17(5-9-19)12-24(28)25-22-13-20(10-11-23(22)31-3)34(29,30)27-18-6-7-18/h4-5,8-11,13,18,27H,6-7,12,14H2,1-3H3,(H,25,28). The molecule has 1 aliphatic carbocycles. The van der Waals surface area contributed by atoms with Crippen LogP contribution in [-0.4, -0.2) is 32.6 Å². The van der Waals surface area contributed by atoms with Crippen LogP contribution in [0.5, 0.6) is 11.5 Å². The molecular formula is C24H27N3O6S. The third-order valence-electron chi connectivity index (χ3n) is 5.51. The minimum Gasteiger partial charge on any atom is -0.495 e. The van der Waals surface area contributed by atoms with E-state index in [0.717, 1.165) is 35.4 Å². The first-order valence-corrected chi connectivity index (χ1v) is 12.4. The number of aromatic nitrogens is 1. The maximum Gasteiger partial charge on any atom is 0.240 e. The van der Waals surface area contributed by atoms with E-state index in [0.29, 0.717) is 23.8 Å². The Morgan fingerprint density at radius 3 is 2.50 bits per heavy atom. The van der Waals surface area contributed by atoms with Crippen molar-refractivity contribution in [1.29, 1.82) is 0 Å². The highest BCUT2D eigenvalue weighted by atomic mass is 32.2. The fourth-order valence-corrected chi connectivity index (χ4v) is 4.72. The van der Waals surface area contributed by atoms with Crippen LogP contribution in [-0.2, 0) is 27.8 Å². The Morgan fingerprint density at radius 2 is 1.88 bits per heavy atom. The molecule has 10 heteroatoms. The lowest BCUT2D eigenvalue weighted by molar-refractivity contribution is -0.115. The molecule has 9 nitrogen and oxygen atoms in total. The molecule has 180 valence electrons. The highest BCUT2D eigenvalue weighted by Gasteiger charge is 2.28. The third-order valence-corrected chi connectivity index (χ3v) is 7.03. The van der Waals surface area contributed by atoms with Crippen LogP contribution in [0.1, 0.15) is 35.4 Å². The molecule has 2 N–H and O–H groups in total. The van der Waals surface area contributed by atoms with Gasteiger partial charge in [-0.1, -0.05) is 17.3 Å². The van der Waals surface area contributed by atoms with Gasteiger partial charge < -0.3 is 19.3 Å². The van der Waals surface area contributed by atoms with Crippen LogP contribution in [0.3, 0.4) is 0 Å². The summed E-state index contributed by atoms with van der Waals surface area (Å²) in [5, 5.41) is 6.67. The van der Waals surface area contributed by atoms with Crippen LogP contribution in [0.15, 0.2) is 51.9 Å². The first-order valence-electron chi connectivity index (χ1n) is 10.9. The number of sulfonamides is 1. The number of nitrogens with one attached hydrogen (secondary N) is 2. The number of hydrogen-bond donors (Lipinski definition) is 2. The maximum absolute atomic E-state index is 12.7. The van der Waals surface area contributed by atoms with Crippen molar-refractivity contribution in [2.45, 2.75) is 50.7 Å². The van der Waals surface area contributed by atoms with Gasteiger partial charge in [-0.3, -0.25) is 4.79 Å². The predicted octanol–water partition coefficient (Wildman–Crippen LogP) is 3.50. The molecule has 2 aromatic carbocycles. The summed E-state index contributed by atoms with van der Waals surface area (Å²) in [5.41, 5.74) is 2.78. The normalized spacial score (nSPS) is 13.5. The quantitative estimate of drug-likeness (QED) is 0.451. The minimum absolute atomic E-state index is 0.0125. The minimum atomic E-state index is -3.65. The van der Waals surface area contributed by atoms with Gasteiger partial charge in [0.1, 0.15) is 23.9 Å². The molecule has 1 aliphatic rings. The van der Waals surface area contributed by atoms with Gasteiger partial charge in [0, 0.05) is 6.04 Å². The van der Waals surface area contributed by atoms with Crippen molar-refractivity contribution in [2.75, 3.05) is 12.4 Å². The molecule has 1 heterocycles. The number of aryl methyl sites for hydroxylation is 2. The van der Waals surface area contributed by atoms with Gasteiger partial charge in [-0.15, -0.1) is 0 Å². The zero-order valence-corrected chi connectivity index (χ0v) is 20.1. The lowest BCUT2D eigenvalue weighted by atomic mass is 10.1. The predicted molar refractivity (Wildman–Crippen MR) is 125 cm³/mol. The van der Waals surface area contributed by atoms with Crippen molar-refractivity contribution in [2.24, 2.45) is 0 Å². The zero-order valence-electron chi connectivity index (χ0n) is 19.3. The first kappa shape index (κ1) is 23.8. The van der Waals surface area contributed by atoms with Crippen molar-refractivity contribution in [1.82, 2.24) is 9.88 Å². The number of ether oxygens (including phenoxy) is 2. The Bertz CT molecular complexity index is 1260. The molecule has 0 atom stereocenters. The molecule has 4 rings (SSSR count). The van der Waals surface area contributed by atoms with E-state index >= 15 is 0 Å². The van der Waals surface area contributed by atoms with Gasteiger partial charge in [-0.05, 0) is 62.6 Å². The summed E-state index contributed by atoms with van der Waals surface area (Å²) in [7, 11) is -2.19. The van der Waals surface area contributed by atoms with E-state index in [-0.39, 0.29) is 23.3 Å². The summed E-state index contributed by atoms with van der Waals surface area (Å²) in [6, 6.07) is 11.6. The van der Waals surface area contributed by atoms with Crippen LogP contribution >= 0.6 is 0 Å². The Kier molecular flexibility index (Phi) is 6.90. The van der Waals surface area contributed by atoms with E-state index in [1.54, 1.807) is 24.3 Å². The number of hydrogen-bond acceptors (Lipinski definition) is 7. The second-order valence-electron chi connectivity index (χ2n) is 8.22. The number of carbonyl (C=O) groups is 1. The van der Waals surface area contributed by atoms with Crippen molar-refractivity contribution in [3.05, 3.63) is 65.0 Å². The monoisotopic (exact) mass is 485 g/mol. The Balaban J connectivity index is 1.38. The van der Waals surface area contributed by atoms with Crippen LogP contribution in [0.25, 0.3) is 0 Å². The van der Waals surface area contributed by atoms with E-state index in [2.05, 4.69) is 15.2 Å². The average molecular weight is 486 g/mol. The Labute approximate surface area is 198 Å². The highest BCUT2D eigenvalue weighted by molar-refractivity contribution is 7.89. The van der Waals surface area contributed by atoms with Crippen LogP contribution in [0, 0.1) is 13.8 Å². The summed E-state index contributed by atoms with van der Waals surface area (Å²) >= 11 is 0. The van der Waals surface area contributed by atoms with Gasteiger partial charge in [-0.25, -0.2) is 13.1 Å². The van der Waals surface area contributed by atoms with Gasteiger partial charge in [0.05, 0.1) is 35.4 Å². The largest absolute Gasteiger partial charge is 0.495 e. The topological polar surface area (TPSA) is 120 Å². The molecular weight excluding hydrogens is 458 g/mol. The second kappa shape index (κ2) is 9.86. The maximum atomic E-state index is 12.7. The fraction of sp³-hybridized carbons (Fsp3) is 0.333. The average Bonchev–Trinajstić information content (AvgIpc) is 3.55. The van der Waals surface area contributed by atoms with E-state index in [9.17, 15) is 13.2 Å². The molecule has 1 saturated carbocycles. The molecule has 34 heavy (non-hydrogen) atoms. The van der Waals surface area contributed by atoms with Crippen molar-refractivity contribution >= 4 is 21.6 Å². The number of carbonyl (C=O) groups excluding carboxylic acids is 1. The van der Waals surface area contributed by atoms with Gasteiger partial charge >= 0.3 is 0 Å². The summed E-state index contributed by atoms with van der Waals surface area (Å²) in [5.74, 6) is 1.46. The van der Waals surface area contributed by atoms with E-state index in [4.69, 9.17) is 14.0 Å². The molecule has 0 radical (unpaired) electrons. The molecule has 0 saturated heterocycles. The Hall–Kier alpha value is -3.37. The van der Waals surface area contributed by atoms with Crippen LogP contribution in [0.2, 0.25) is 0 Å². The first-order chi connectivity index (χ1) is 16.2. The SMILES string of the molecule is COc1ccc(S(=O)(=O)NC2CC2)cc1NC(=O)Cc1ccc(OCc2c(C)noc2C)cc1. The second-order valence-corrected chi connectivity index (χ2v) is 9.93. The summed E-state index contributed by atoms with van der Waals surface area (Å²) in [6.45, 7) is 4.04. The number of anilines is 1. The van der Waals surface area contributed by atoms with Gasteiger partial charge in [0.15, 0.2) is 0 Å².